The van der Waals surface area contributed by atoms with Crippen LogP contribution >= 0.6 is 0 Å². The maximum atomic E-state index is 12.5. The van der Waals surface area contributed by atoms with Gasteiger partial charge in [0.2, 0.25) is 0 Å². The van der Waals surface area contributed by atoms with Gasteiger partial charge in [-0.1, -0.05) is 5.16 Å². The van der Waals surface area contributed by atoms with Gasteiger partial charge in [-0.2, -0.15) is 0 Å². The highest BCUT2D eigenvalue weighted by atomic mass is 16.6. The van der Waals surface area contributed by atoms with Gasteiger partial charge in [0, 0.05) is 19.2 Å². The fraction of sp³-hybridized carbons (Fsp3) is 0.471. The molecular weight excluding hydrogens is 310 g/mol. The number of ether oxygens (including phenoxy) is 2. The summed E-state index contributed by atoms with van der Waals surface area (Å²) in [5.41, 5.74) is 0.158. The first-order valence-corrected chi connectivity index (χ1v) is 8.13. The smallest absolute Gasteiger partial charge is 0.258 e. The van der Waals surface area contributed by atoms with E-state index in [2.05, 4.69) is 10.1 Å². The van der Waals surface area contributed by atoms with Gasteiger partial charge in [0.15, 0.2) is 0 Å². The van der Waals surface area contributed by atoms with Gasteiger partial charge < -0.3 is 18.9 Å². The van der Waals surface area contributed by atoms with Crippen molar-refractivity contribution in [3.8, 4) is 5.75 Å². The predicted molar refractivity (Wildman–Crippen MR) is 83.6 cm³/mol. The number of amides is 1. The summed E-state index contributed by atoms with van der Waals surface area (Å²) >= 11 is 0. The lowest BCUT2D eigenvalue weighted by Crippen LogP contribution is -2.50. The Morgan fingerprint density at radius 2 is 2.38 bits per heavy atom. The van der Waals surface area contributed by atoms with Crippen LogP contribution in [-0.2, 0) is 4.74 Å². The van der Waals surface area contributed by atoms with Crippen LogP contribution in [0.3, 0.4) is 0 Å². The van der Waals surface area contributed by atoms with Gasteiger partial charge in [0.25, 0.3) is 5.91 Å². The minimum atomic E-state index is -0.321. The fourth-order valence-electron chi connectivity index (χ4n) is 3.54. The number of hydrogen-bond acceptors (Lipinski definition) is 6. The van der Waals surface area contributed by atoms with E-state index >= 15 is 0 Å². The molecule has 2 saturated heterocycles. The summed E-state index contributed by atoms with van der Waals surface area (Å²) in [6.45, 7) is 1.83. The van der Waals surface area contributed by atoms with Gasteiger partial charge in [-0.25, -0.2) is 0 Å². The molecule has 0 aromatic carbocycles. The number of nitrogens with zero attached hydrogens (tertiary/aromatic N) is 3. The minimum absolute atomic E-state index is 0.0140. The molecule has 0 radical (unpaired) electrons. The van der Waals surface area contributed by atoms with Crippen LogP contribution in [0.1, 0.15) is 29.6 Å². The molecule has 7 nitrogen and oxygen atoms in total. The first-order chi connectivity index (χ1) is 11.7. The maximum Gasteiger partial charge on any atom is 0.258 e. The van der Waals surface area contributed by atoms with Gasteiger partial charge in [-0.3, -0.25) is 9.78 Å². The monoisotopic (exact) mass is 329 g/mol. The lowest BCUT2D eigenvalue weighted by molar-refractivity contribution is -0.0453. The zero-order valence-electron chi connectivity index (χ0n) is 13.3. The van der Waals surface area contributed by atoms with E-state index in [0.29, 0.717) is 18.7 Å². The van der Waals surface area contributed by atoms with Crippen LogP contribution in [0, 0.1) is 0 Å². The zero-order valence-corrected chi connectivity index (χ0v) is 13.3. The number of piperidine rings is 1. The number of likely N-dealkylation sites (tertiary alicyclic amines) is 1. The van der Waals surface area contributed by atoms with Crippen molar-refractivity contribution in [2.75, 3.05) is 19.7 Å². The van der Waals surface area contributed by atoms with Gasteiger partial charge in [-0.15, -0.1) is 0 Å². The van der Waals surface area contributed by atoms with Gasteiger partial charge in [0.1, 0.15) is 18.1 Å². The second-order valence-electron chi connectivity index (χ2n) is 6.37. The largest absolute Gasteiger partial charge is 0.486 e. The SMILES string of the molecule is O=C(c1cnoc1)N1CCC[C@]2(C[C@@H](Oc3cccnc3)CO2)C1. The van der Waals surface area contributed by atoms with Crippen LogP contribution in [-0.4, -0.2) is 52.3 Å². The normalized spacial score (nSPS) is 26.7. The highest BCUT2D eigenvalue weighted by Crippen LogP contribution is 2.36. The van der Waals surface area contributed by atoms with Crippen LogP contribution in [0.5, 0.6) is 5.75 Å². The van der Waals surface area contributed by atoms with Crippen LogP contribution < -0.4 is 4.74 Å². The summed E-state index contributed by atoms with van der Waals surface area (Å²) in [5.74, 6) is 0.687. The van der Waals surface area contributed by atoms with Crippen molar-refractivity contribution in [2.45, 2.75) is 31.0 Å². The Hall–Kier alpha value is -2.41. The highest BCUT2D eigenvalue weighted by Gasteiger charge is 2.45. The van der Waals surface area contributed by atoms with E-state index in [9.17, 15) is 4.79 Å². The lowest BCUT2D eigenvalue weighted by atomic mass is 9.89. The molecule has 0 N–H and O–H groups in total. The van der Waals surface area contributed by atoms with E-state index in [1.54, 1.807) is 12.4 Å². The molecule has 0 aliphatic carbocycles. The number of rotatable bonds is 3. The molecule has 2 aromatic rings. The average molecular weight is 329 g/mol. The van der Waals surface area contributed by atoms with Crippen LogP contribution in [0.15, 0.2) is 41.5 Å². The van der Waals surface area contributed by atoms with Crippen molar-refractivity contribution >= 4 is 5.91 Å². The van der Waals surface area contributed by atoms with Crippen LogP contribution in [0.25, 0.3) is 0 Å². The third-order valence-electron chi connectivity index (χ3n) is 4.62. The summed E-state index contributed by atoms with van der Waals surface area (Å²) in [6.07, 6.45) is 8.86. The fourth-order valence-corrected chi connectivity index (χ4v) is 3.54. The molecule has 2 aliphatic heterocycles. The molecule has 2 atom stereocenters. The van der Waals surface area contributed by atoms with Crippen molar-refractivity contribution in [1.29, 1.82) is 0 Å². The third kappa shape index (κ3) is 2.99. The molecule has 1 amide bonds. The molecule has 2 aromatic heterocycles. The molecular formula is C17H19N3O4. The van der Waals surface area contributed by atoms with Crippen molar-refractivity contribution in [3.63, 3.8) is 0 Å². The average Bonchev–Trinajstić information content (AvgIpc) is 3.26. The summed E-state index contributed by atoms with van der Waals surface area (Å²) < 4.78 is 16.8. The second-order valence-corrected chi connectivity index (χ2v) is 6.37. The molecule has 0 unspecified atom stereocenters. The Balaban J connectivity index is 1.41. The van der Waals surface area contributed by atoms with Crippen molar-refractivity contribution in [2.24, 2.45) is 0 Å². The Morgan fingerprint density at radius 1 is 1.42 bits per heavy atom. The summed E-state index contributed by atoms with van der Waals surface area (Å²) in [4.78, 5) is 18.4. The molecule has 24 heavy (non-hydrogen) atoms. The molecule has 1 spiro atoms. The van der Waals surface area contributed by atoms with Gasteiger partial charge >= 0.3 is 0 Å². The molecule has 7 heteroatoms. The topological polar surface area (TPSA) is 77.7 Å². The summed E-state index contributed by atoms with van der Waals surface area (Å²) in [7, 11) is 0. The van der Waals surface area contributed by atoms with Crippen LogP contribution in [0.2, 0.25) is 0 Å². The molecule has 126 valence electrons. The van der Waals surface area contributed by atoms with Gasteiger partial charge in [-0.05, 0) is 25.0 Å². The van der Waals surface area contributed by atoms with Gasteiger partial charge in [0.05, 0.1) is 36.7 Å². The van der Waals surface area contributed by atoms with Crippen molar-refractivity contribution in [3.05, 3.63) is 42.5 Å². The predicted octanol–water partition coefficient (Wildman–Crippen LogP) is 1.91. The Morgan fingerprint density at radius 3 is 3.17 bits per heavy atom. The Labute approximate surface area is 139 Å². The molecule has 2 fully saturated rings. The number of hydrogen-bond donors (Lipinski definition) is 0. The quantitative estimate of drug-likeness (QED) is 0.856. The van der Waals surface area contributed by atoms with Crippen LogP contribution in [0.4, 0.5) is 0 Å². The highest BCUT2D eigenvalue weighted by molar-refractivity contribution is 5.93. The van der Waals surface area contributed by atoms with Crippen molar-refractivity contribution < 1.29 is 18.8 Å². The summed E-state index contributed by atoms with van der Waals surface area (Å²) in [5, 5.41) is 3.61. The molecule has 0 saturated carbocycles. The maximum absolute atomic E-state index is 12.5. The zero-order chi connectivity index (χ0) is 16.4. The molecule has 0 bridgehead atoms. The van der Waals surface area contributed by atoms with Crippen molar-refractivity contribution in [1.82, 2.24) is 15.0 Å². The van der Waals surface area contributed by atoms with E-state index < -0.39 is 0 Å². The van der Waals surface area contributed by atoms with E-state index in [4.69, 9.17) is 14.0 Å². The summed E-state index contributed by atoms with van der Waals surface area (Å²) in [6, 6.07) is 3.74. The third-order valence-corrected chi connectivity index (χ3v) is 4.62. The van der Waals surface area contributed by atoms with E-state index in [0.717, 1.165) is 31.6 Å². The minimum Gasteiger partial charge on any atom is -0.486 e. The first-order valence-electron chi connectivity index (χ1n) is 8.13. The molecule has 4 rings (SSSR count). The Bertz CT molecular complexity index is 691. The molecule has 4 heterocycles. The number of pyridine rings is 1. The second kappa shape index (κ2) is 6.24. The van der Waals surface area contributed by atoms with E-state index in [1.165, 1.54) is 12.5 Å². The standard InChI is InChI=1S/C17H19N3O4/c21-16(13-8-19-23-10-13)20-6-2-4-17(12-20)7-15(11-22-17)24-14-3-1-5-18-9-14/h1,3,5,8-10,15H,2,4,6-7,11-12H2/t15-,17+/m1/s1. The Kier molecular flexibility index (Phi) is 3.93. The molecule has 2 aliphatic rings. The number of carbonyl (C=O) groups is 1. The van der Waals surface area contributed by atoms with E-state index in [-0.39, 0.29) is 17.6 Å². The number of aromatic nitrogens is 2. The number of carbonyl (C=O) groups excluding carboxylic acids is 1. The first kappa shape index (κ1) is 15.1. The van der Waals surface area contributed by atoms with E-state index in [1.807, 2.05) is 17.0 Å². The lowest BCUT2D eigenvalue weighted by Gasteiger charge is -2.39.